The summed E-state index contributed by atoms with van der Waals surface area (Å²) in [6, 6.07) is 1.97. The van der Waals surface area contributed by atoms with E-state index in [1.165, 1.54) is 24.2 Å². The second-order valence-electron chi connectivity index (χ2n) is 6.22. The van der Waals surface area contributed by atoms with Gasteiger partial charge in [0.2, 0.25) is 0 Å². The van der Waals surface area contributed by atoms with Crippen LogP contribution in [0.1, 0.15) is 27.1 Å². The van der Waals surface area contributed by atoms with Gasteiger partial charge in [0.15, 0.2) is 11.5 Å². The van der Waals surface area contributed by atoms with Gasteiger partial charge in [-0.25, -0.2) is 0 Å². The summed E-state index contributed by atoms with van der Waals surface area (Å²) in [5.74, 6) is -0.319. The molecule has 1 saturated heterocycles. The van der Waals surface area contributed by atoms with Gasteiger partial charge >= 0.3 is 0 Å². The molecule has 4 heteroatoms. The normalized spacial score (nSPS) is 55.3. The third-order valence-corrected chi connectivity index (χ3v) is 5.39. The predicted octanol–water partition coefficient (Wildman–Crippen LogP) is 1.50. The van der Waals surface area contributed by atoms with Gasteiger partial charge in [-0.15, -0.1) is 0 Å². The third-order valence-electron chi connectivity index (χ3n) is 5.39. The molecule has 1 N–H and O–H groups in total. The van der Waals surface area contributed by atoms with Crippen molar-refractivity contribution in [2.24, 2.45) is 5.92 Å². The number of piperidine rings is 1. The van der Waals surface area contributed by atoms with E-state index in [0.29, 0.717) is 11.3 Å². The van der Waals surface area contributed by atoms with E-state index in [0.717, 1.165) is 6.08 Å². The average Bonchev–Trinajstić information content (AvgIpc) is 2.89. The Kier molecular flexibility index (Phi) is 1.45. The van der Waals surface area contributed by atoms with Crippen molar-refractivity contribution >= 4 is 0 Å². The van der Waals surface area contributed by atoms with Gasteiger partial charge in [0.25, 0.3) is 0 Å². The van der Waals surface area contributed by atoms with Gasteiger partial charge in [-0.1, -0.05) is 18.2 Å². The first-order valence-electron chi connectivity index (χ1n) is 10.9. The van der Waals surface area contributed by atoms with Crippen LogP contribution >= 0.6 is 0 Å². The molecule has 116 valence electrons. The van der Waals surface area contributed by atoms with Gasteiger partial charge in [0.1, 0.15) is 12.2 Å². The summed E-state index contributed by atoms with van der Waals surface area (Å²) in [4.78, 5) is 1.17. The van der Waals surface area contributed by atoms with Crippen molar-refractivity contribution in [3.05, 3.63) is 35.4 Å². The van der Waals surface area contributed by atoms with Crippen molar-refractivity contribution in [2.45, 2.75) is 36.4 Å². The van der Waals surface area contributed by atoms with Crippen LogP contribution in [0.2, 0.25) is 0 Å². The van der Waals surface area contributed by atoms with Gasteiger partial charge in [0.05, 0.1) is 9.85 Å². The fourth-order valence-electron chi connectivity index (χ4n) is 4.47. The highest BCUT2D eigenvalue weighted by Gasteiger charge is 2.64. The summed E-state index contributed by atoms with van der Waals surface area (Å²) in [7, 11) is 1.43. The van der Waals surface area contributed by atoms with E-state index >= 15 is 0 Å². The monoisotopic (exact) mass is 306 g/mol. The van der Waals surface area contributed by atoms with E-state index < -0.39 is 42.9 Å². The topological polar surface area (TPSA) is 41.9 Å². The zero-order valence-corrected chi connectivity index (χ0v) is 12.1. The number of nitrogens with zero attached hydrogens (tertiary/aromatic N) is 1. The third kappa shape index (κ3) is 1.28. The molecular weight excluding hydrogens is 278 g/mol. The Bertz CT molecular complexity index is 946. The Morgan fingerprint density at radius 3 is 3.27 bits per heavy atom. The lowest BCUT2D eigenvalue weighted by Gasteiger charge is -2.56. The summed E-state index contributed by atoms with van der Waals surface area (Å²) in [6.45, 7) is -2.54. The highest BCUT2D eigenvalue weighted by atomic mass is 16.5. The molecule has 0 aromatic heterocycles. The number of hydrogen-bond donors (Lipinski definition) is 1. The average molecular weight is 306 g/mol. The van der Waals surface area contributed by atoms with Crippen molar-refractivity contribution in [1.82, 2.24) is 4.90 Å². The Balaban J connectivity index is 1.90. The second kappa shape index (κ2) is 4.06. The molecule has 0 radical (unpaired) electrons. The number of likely N-dealkylation sites (tertiary alicyclic amines) is 1. The fraction of sp³-hybridized carbons (Fsp3) is 0.556. The molecule has 1 aromatic carbocycles. The second-order valence-corrected chi connectivity index (χ2v) is 6.22. The Labute approximate surface area is 140 Å². The van der Waals surface area contributed by atoms with E-state index in [-0.39, 0.29) is 24.3 Å². The quantitative estimate of drug-likeness (QED) is 0.799. The molecule has 22 heavy (non-hydrogen) atoms. The molecule has 1 aromatic rings. The number of aliphatic hydroxyl groups is 1. The van der Waals surface area contributed by atoms with Crippen LogP contribution in [0, 0.1) is 5.92 Å². The Morgan fingerprint density at radius 2 is 2.45 bits per heavy atom. The Morgan fingerprint density at radius 1 is 1.55 bits per heavy atom. The van der Waals surface area contributed by atoms with Gasteiger partial charge in [-0.3, -0.25) is 0 Å². The zero-order valence-electron chi connectivity index (χ0n) is 19.1. The number of hydrogen-bond acceptors (Lipinski definition) is 4. The van der Waals surface area contributed by atoms with Crippen molar-refractivity contribution < 1.29 is 24.2 Å². The van der Waals surface area contributed by atoms with Crippen LogP contribution in [0.4, 0.5) is 0 Å². The van der Waals surface area contributed by atoms with Gasteiger partial charge in [0, 0.05) is 29.8 Å². The highest BCUT2D eigenvalue weighted by molar-refractivity contribution is 5.62. The summed E-state index contributed by atoms with van der Waals surface area (Å²) >= 11 is 0. The van der Waals surface area contributed by atoms with E-state index in [1.54, 1.807) is 6.07 Å². The molecule has 2 aliphatic carbocycles. The molecular formula is C18H21NO3. The molecule has 2 unspecified atom stereocenters. The van der Waals surface area contributed by atoms with E-state index in [4.69, 9.17) is 19.1 Å². The fourth-order valence-corrected chi connectivity index (χ4v) is 4.47. The lowest BCUT2D eigenvalue weighted by Crippen LogP contribution is -2.64. The first-order valence-corrected chi connectivity index (χ1v) is 7.42. The minimum Gasteiger partial charge on any atom is -0.493 e. The van der Waals surface area contributed by atoms with E-state index in [2.05, 4.69) is 0 Å². The molecule has 5 atom stereocenters. The van der Waals surface area contributed by atoms with Crippen LogP contribution in [0.25, 0.3) is 0 Å². The summed E-state index contributed by atoms with van der Waals surface area (Å²) in [5, 5.41) is 10.8. The van der Waals surface area contributed by atoms with Crippen molar-refractivity contribution in [3.63, 3.8) is 0 Å². The predicted molar refractivity (Wildman–Crippen MR) is 82.5 cm³/mol. The van der Waals surface area contributed by atoms with Crippen molar-refractivity contribution in [3.8, 4) is 11.5 Å². The van der Waals surface area contributed by atoms with Gasteiger partial charge in [-0.2, -0.15) is 0 Å². The summed E-state index contributed by atoms with van der Waals surface area (Å²) < 4.78 is 70.5. The minimum atomic E-state index is -2.53. The van der Waals surface area contributed by atoms with E-state index in [9.17, 15) is 5.11 Å². The molecule has 2 aliphatic heterocycles. The number of benzene rings is 1. The molecule has 1 spiro atoms. The van der Waals surface area contributed by atoms with Crippen molar-refractivity contribution in [2.75, 3.05) is 20.6 Å². The molecule has 0 saturated carbocycles. The maximum atomic E-state index is 10.8. The first-order chi connectivity index (χ1) is 13.3. The number of methoxy groups -OCH3 is 1. The molecule has 4 aliphatic rings. The van der Waals surface area contributed by atoms with Crippen LogP contribution in [-0.2, 0) is 11.8 Å². The lowest BCUT2D eigenvalue weighted by atomic mass is 9.53. The molecule has 4 nitrogen and oxygen atoms in total. The largest absolute Gasteiger partial charge is 0.493 e. The maximum Gasteiger partial charge on any atom is 0.165 e. The van der Waals surface area contributed by atoms with Crippen LogP contribution in [-0.4, -0.2) is 48.8 Å². The smallest absolute Gasteiger partial charge is 0.165 e. The molecule has 2 heterocycles. The molecule has 5 rings (SSSR count). The van der Waals surface area contributed by atoms with Crippen LogP contribution < -0.4 is 9.47 Å². The lowest BCUT2D eigenvalue weighted by molar-refractivity contribution is -0.0453. The van der Waals surface area contributed by atoms with Crippen LogP contribution in [0.15, 0.2) is 24.3 Å². The minimum absolute atomic E-state index is 0.0127. The number of likely N-dealkylation sites (N-methyl/N-ethyl adjacent to an activating group) is 1. The highest BCUT2D eigenvalue weighted by Crippen LogP contribution is 2.62. The molecule has 0 amide bonds. The van der Waals surface area contributed by atoms with Crippen LogP contribution in [0.5, 0.6) is 11.5 Å². The van der Waals surface area contributed by atoms with Crippen molar-refractivity contribution in [1.29, 1.82) is 0 Å². The SMILES string of the molecule is [2H]C1([2H])c2ccc(OC)c3c2[C@]24CCN(C([2H])([2H])[2H])[C@H]1[C@@H]2C=CC([2H])(O)C4([2H])O3. The van der Waals surface area contributed by atoms with Gasteiger partial charge < -0.3 is 19.5 Å². The summed E-state index contributed by atoms with van der Waals surface area (Å²) in [5.41, 5.74) is -0.628. The summed E-state index contributed by atoms with van der Waals surface area (Å²) in [6.07, 6.45) is -3.87. The molecule has 2 bridgehead atoms. The number of rotatable bonds is 1. The van der Waals surface area contributed by atoms with Gasteiger partial charge in [-0.05, 0) is 37.9 Å². The number of ether oxygens (including phenoxy) is 2. The van der Waals surface area contributed by atoms with Crippen LogP contribution in [0.3, 0.4) is 0 Å². The standard InChI is InChI=1S/C18H21NO3/c1-19-8-7-18-11-4-5-13(20)17(18)22-16-14(21-2)6-3-10(15(16)18)9-12(11)19/h3-6,11-13,17,20H,7-9H2,1-2H3/t11-,12+,13?,17?,18-/m0/s1/i1D3,9D2,13D,17D. The van der Waals surface area contributed by atoms with E-state index in [1.807, 2.05) is 0 Å². The zero-order chi connectivity index (χ0) is 21.2. The Hall–Kier alpha value is -1.52. The molecule has 1 fully saturated rings. The first kappa shape index (κ1) is 7.84. The maximum absolute atomic E-state index is 10.8.